The fraction of sp³-hybridized carbons (Fsp3) is 0.611. The topological polar surface area (TPSA) is 58.6 Å². The first kappa shape index (κ1) is 14.1. The molecule has 0 radical (unpaired) electrons. The van der Waals surface area contributed by atoms with Crippen LogP contribution in [0.2, 0.25) is 0 Å². The summed E-state index contributed by atoms with van der Waals surface area (Å²) in [6.45, 7) is 2.96. The lowest BCUT2D eigenvalue weighted by atomic mass is 9.51. The standard InChI is InChI=1S/C18H23NO3/c1-10-7-12-13-8-11-3-4-15(22-2)17(21)16(11)18(12,5-6-19-13)9-14(10)20/h3-4,10,12-13,19,21H,5-9H2,1-2H3/t10-,12-,13+,18-/m0/s1. The van der Waals surface area contributed by atoms with Crippen LogP contribution in [0.4, 0.5) is 0 Å². The second-order valence-electron chi connectivity index (χ2n) is 7.21. The molecule has 4 atom stereocenters. The van der Waals surface area contributed by atoms with Gasteiger partial charge in [-0.25, -0.2) is 0 Å². The molecule has 22 heavy (non-hydrogen) atoms. The number of fused-ring (bicyclic) bond motifs is 1. The third kappa shape index (κ3) is 1.70. The minimum atomic E-state index is -0.203. The van der Waals surface area contributed by atoms with Crippen molar-refractivity contribution in [1.82, 2.24) is 5.32 Å². The van der Waals surface area contributed by atoms with Gasteiger partial charge in [-0.2, -0.15) is 0 Å². The summed E-state index contributed by atoms with van der Waals surface area (Å²) in [7, 11) is 1.58. The highest BCUT2D eigenvalue weighted by Crippen LogP contribution is 2.57. The normalized spacial score (nSPS) is 36.5. The van der Waals surface area contributed by atoms with Gasteiger partial charge in [-0.3, -0.25) is 4.79 Å². The molecular formula is C18H23NO3. The zero-order valence-corrected chi connectivity index (χ0v) is 13.2. The maximum absolute atomic E-state index is 12.5. The first-order valence-electron chi connectivity index (χ1n) is 8.22. The summed E-state index contributed by atoms with van der Waals surface area (Å²) >= 11 is 0. The Morgan fingerprint density at radius 2 is 2.23 bits per heavy atom. The number of rotatable bonds is 1. The van der Waals surface area contributed by atoms with Crippen molar-refractivity contribution >= 4 is 5.78 Å². The molecule has 2 N–H and O–H groups in total. The van der Waals surface area contributed by atoms with E-state index in [1.54, 1.807) is 7.11 Å². The number of ether oxygens (including phenoxy) is 1. The molecule has 0 aromatic heterocycles. The molecule has 0 spiro atoms. The molecule has 1 aliphatic heterocycles. The van der Waals surface area contributed by atoms with E-state index in [2.05, 4.69) is 11.4 Å². The number of carbonyl (C=O) groups is 1. The largest absolute Gasteiger partial charge is 0.504 e. The van der Waals surface area contributed by atoms with E-state index in [9.17, 15) is 9.90 Å². The molecule has 1 aromatic rings. The van der Waals surface area contributed by atoms with Crippen LogP contribution in [0.3, 0.4) is 0 Å². The van der Waals surface area contributed by atoms with Gasteiger partial charge in [-0.05, 0) is 43.4 Å². The third-order valence-electron chi connectivity index (χ3n) is 6.20. The van der Waals surface area contributed by atoms with Crippen LogP contribution in [0.1, 0.15) is 37.3 Å². The number of Topliss-reactive ketones (excluding diaryl/α,β-unsaturated/α-hetero) is 1. The predicted octanol–water partition coefficient (Wildman–Crippen LogP) is 2.17. The van der Waals surface area contributed by atoms with Crippen molar-refractivity contribution in [2.45, 2.75) is 44.1 Å². The Hall–Kier alpha value is -1.55. The van der Waals surface area contributed by atoms with Gasteiger partial charge in [0.2, 0.25) is 0 Å². The smallest absolute Gasteiger partial charge is 0.161 e. The molecule has 2 bridgehead atoms. The molecule has 4 nitrogen and oxygen atoms in total. The molecular weight excluding hydrogens is 278 g/mol. The van der Waals surface area contributed by atoms with E-state index in [1.165, 1.54) is 5.56 Å². The second kappa shape index (κ2) is 4.72. The van der Waals surface area contributed by atoms with Crippen LogP contribution in [0.15, 0.2) is 12.1 Å². The Labute approximate surface area is 130 Å². The summed E-state index contributed by atoms with van der Waals surface area (Å²) < 4.78 is 5.32. The van der Waals surface area contributed by atoms with E-state index in [-0.39, 0.29) is 17.1 Å². The Bertz CT molecular complexity index is 641. The zero-order valence-electron chi connectivity index (χ0n) is 13.2. The summed E-state index contributed by atoms with van der Waals surface area (Å²) in [5.41, 5.74) is 1.97. The number of benzene rings is 1. The van der Waals surface area contributed by atoms with Crippen LogP contribution in [0.5, 0.6) is 11.5 Å². The number of hydrogen-bond donors (Lipinski definition) is 2. The summed E-state index contributed by atoms with van der Waals surface area (Å²) in [5.74, 6) is 1.68. The maximum atomic E-state index is 12.5. The minimum Gasteiger partial charge on any atom is -0.504 e. The fourth-order valence-electron chi connectivity index (χ4n) is 5.15. The Balaban J connectivity index is 1.93. The minimum absolute atomic E-state index is 0.134. The molecule has 1 aromatic carbocycles. The van der Waals surface area contributed by atoms with Crippen LogP contribution in [0, 0.1) is 11.8 Å². The Morgan fingerprint density at radius 1 is 1.41 bits per heavy atom. The predicted molar refractivity (Wildman–Crippen MR) is 83.3 cm³/mol. The lowest BCUT2D eigenvalue weighted by Gasteiger charge is -2.56. The molecule has 2 fully saturated rings. The number of phenols is 1. The average molecular weight is 301 g/mol. The molecule has 0 amide bonds. The van der Waals surface area contributed by atoms with E-state index in [0.717, 1.165) is 31.4 Å². The van der Waals surface area contributed by atoms with Crippen LogP contribution < -0.4 is 10.1 Å². The zero-order chi connectivity index (χ0) is 15.5. The molecule has 0 unspecified atom stereocenters. The first-order chi connectivity index (χ1) is 10.6. The molecule has 118 valence electrons. The number of aromatic hydroxyl groups is 1. The number of hydrogen-bond acceptors (Lipinski definition) is 4. The van der Waals surface area contributed by atoms with Gasteiger partial charge in [0.25, 0.3) is 0 Å². The third-order valence-corrected chi connectivity index (χ3v) is 6.20. The highest BCUT2D eigenvalue weighted by molar-refractivity contribution is 5.84. The summed E-state index contributed by atoms with van der Waals surface area (Å²) in [4.78, 5) is 12.5. The Kier molecular flexibility index (Phi) is 3.02. The number of phenolic OH excluding ortho intramolecular Hbond substituents is 1. The number of methoxy groups -OCH3 is 1. The average Bonchev–Trinajstić information content (AvgIpc) is 2.48. The lowest BCUT2D eigenvalue weighted by molar-refractivity contribution is -0.129. The van der Waals surface area contributed by atoms with Crippen LogP contribution >= 0.6 is 0 Å². The summed E-state index contributed by atoms with van der Waals surface area (Å²) in [6, 6.07) is 4.33. The van der Waals surface area contributed by atoms with Crippen LogP contribution in [-0.2, 0) is 16.6 Å². The SMILES string of the molecule is COc1ccc2c(c1O)[C@]13CCN[C@H](C2)[C@@H]1C[C@H](C)C(=O)C3. The fourth-order valence-corrected chi connectivity index (χ4v) is 5.15. The molecule has 1 saturated heterocycles. The van der Waals surface area contributed by atoms with Gasteiger partial charge in [0, 0.05) is 29.4 Å². The van der Waals surface area contributed by atoms with E-state index in [4.69, 9.17) is 4.74 Å². The molecule has 2 aliphatic carbocycles. The van der Waals surface area contributed by atoms with Crippen molar-refractivity contribution in [3.63, 3.8) is 0 Å². The molecule has 3 aliphatic rings. The molecule has 1 saturated carbocycles. The van der Waals surface area contributed by atoms with Crippen molar-refractivity contribution in [2.24, 2.45) is 11.8 Å². The number of piperidine rings is 1. The quantitative estimate of drug-likeness (QED) is 0.834. The van der Waals surface area contributed by atoms with E-state index < -0.39 is 0 Å². The molecule has 1 heterocycles. The van der Waals surface area contributed by atoms with Crippen molar-refractivity contribution in [3.8, 4) is 11.5 Å². The van der Waals surface area contributed by atoms with E-state index in [0.29, 0.717) is 29.9 Å². The monoisotopic (exact) mass is 301 g/mol. The highest BCUT2D eigenvalue weighted by atomic mass is 16.5. The van der Waals surface area contributed by atoms with Crippen LogP contribution in [0.25, 0.3) is 0 Å². The van der Waals surface area contributed by atoms with Gasteiger partial charge in [0.1, 0.15) is 5.78 Å². The van der Waals surface area contributed by atoms with Gasteiger partial charge in [-0.1, -0.05) is 13.0 Å². The van der Waals surface area contributed by atoms with Gasteiger partial charge < -0.3 is 15.2 Å². The van der Waals surface area contributed by atoms with Crippen molar-refractivity contribution in [3.05, 3.63) is 23.3 Å². The van der Waals surface area contributed by atoms with Gasteiger partial charge >= 0.3 is 0 Å². The second-order valence-corrected chi connectivity index (χ2v) is 7.21. The van der Waals surface area contributed by atoms with Crippen molar-refractivity contribution in [1.29, 1.82) is 0 Å². The molecule has 4 rings (SSSR count). The number of ketones is 1. The molecule has 4 heteroatoms. The van der Waals surface area contributed by atoms with Crippen LogP contribution in [-0.4, -0.2) is 30.6 Å². The first-order valence-corrected chi connectivity index (χ1v) is 8.22. The van der Waals surface area contributed by atoms with Gasteiger partial charge in [0.15, 0.2) is 11.5 Å². The van der Waals surface area contributed by atoms with Gasteiger partial charge in [-0.15, -0.1) is 0 Å². The highest BCUT2D eigenvalue weighted by Gasteiger charge is 2.56. The number of carbonyl (C=O) groups excluding carboxylic acids is 1. The number of nitrogens with one attached hydrogen (secondary N) is 1. The summed E-state index contributed by atoms with van der Waals surface area (Å²) in [6.07, 6.45) is 3.33. The van der Waals surface area contributed by atoms with E-state index in [1.807, 2.05) is 13.0 Å². The van der Waals surface area contributed by atoms with Gasteiger partial charge in [0.05, 0.1) is 7.11 Å². The van der Waals surface area contributed by atoms with Crippen molar-refractivity contribution < 1.29 is 14.6 Å². The summed E-state index contributed by atoms with van der Waals surface area (Å²) in [5, 5.41) is 14.4. The lowest BCUT2D eigenvalue weighted by Crippen LogP contribution is -2.61. The van der Waals surface area contributed by atoms with E-state index >= 15 is 0 Å². The van der Waals surface area contributed by atoms with Crippen molar-refractivity contribution in [2.75, 3.05) is 13.7 Å². The maximum Gasteiger partial charge on any atom is 0.161 e. The Morgan fingerprint density at radius 3 is 3.00 bits per heavy atom.